The van der Waals surface area contributed by atoms with E-state index < -0.39 is 0 Å². The van der Waals surface area contributed by atoms with Crippen molar-refractivity contribution in [2.45, 2.75) is 31.7 Å². The van der Waals surface area contributed by atoms with Gasteiger partial charge < -0.3 is 10.4 Å². The summed E-state index contributed by atoms with van der Waals surface area (Å²) in [6.07, 6.45) is 6.54. The molecule has 1 aliphatic rings. The third-order valence-electron chi connectivity index (χ3n) is 4.12. The average Bonchev–Trinajstić information content (AvgIpc) is 2.84. The lowest BCUT2D eigenvalue weighted by Gasteiger charge is -2.24. The first-order valence-electron chi connectivity index (χ1n) is 7.26. The van der Waals surface area contributed by atoms with Crippen molar-refractivity contribution in [1.29, 1.82) is 0 Å². The summed E-state index contributed by atoms with van der Waals surface area (Å²) in [5.74, 6) is 0.328. The lowest BCUT2D eigenvalue weighted by atomic mass is 9.93. The lowest BCUT2D eigenvalue weighted by molar-refractivity contribution is 0.455. The number of phenols is 1. The second kappa shape index (κ2) is 5.67. The van der Waals surface area contributed by atoms with Gasteiger partial charge in [-0.05, 0) is 49.9 Å². The summed E-state index contributed by atoms with van der Waals surface area (Å²) < 4.78 is 2.00. The number of nitrogens with zero attached hydrogens (tertiary/aromatic N) is 2. The Labute approximate surface area is 119 Å². The molecular formula is C16H21N3O. The summed E-state index contributed by atoms with van der Waals surface area (Å²) in [5, 5.41) is 17.3. The molecule has 1 aliphatic carbocycles. The highest BCUT2D eigenvalue weighted by molar-refractivity contribution is 5.27. The molecule has 0 saturated carbocycles. The van der Waals surface area contributed by atoms with Crippen molar-refractivity contribution in [3.63, 3.8) is 0 Å². The number of aryl methyl sites for hydroxylation is 1. The minimum absolute atomic E-state index is 0.328. The maximum Gasteiger partial charge on any atom is 0.115 e. The Morgan fingerprint density at radius 3 is 2.95 bits per heavy atom. The molecule has 0 bridgehead atoms. The van der Waals surface area contributed by atoms with E-state index in [9.17, 15) is 5.11 Å². The third kappa shape index (κ3) is 2.70. The SMILES string of the molecule is Cn1ncc2c1CCCC2NCCc1ccc(O)cc1. The Morgan fingerprint density at radius 2 is 2.15 bits per heavy atom. The first kappa shape index (κ1) is 13.2. The number of fused-ring (bicyclic) bond motifs is 1. The predicted octanol–water partition coefficient (Wildman–Crippen LogP) is 2.34. The zero-order chi connectivity index (χ0) is 13.9. The highest BCUT2D eigenvalue weighted by Crippen LogP contribution is 2.28. The monoisotopic (exact) mass is 271 g/mol. The molecule has 2 N–H and O–H groups in total. The van der Waals surface area contributed by atoms with E-state index in [-0.39, 0.29) is 0 Å². The molecule has 4 nitrogen and oxygen atoms in total. The molecule has 4 heteroatoms. The summed E-state index contributed by atoms with van der Waals surface area (Å²) in [5.41, 5.74) is 3.99. The minimum atomic E-state index is 0.328. The molecule has 1 aromatic heterocycles. The van der Waals surface area contributed by atoms with Crippen molar-refractivity contribution < 1.29 is 5.11 Å². The van der Waals surface area contributed by atoms with Crippen LogP contribution in [0.4, 0.5) is 0 Å². The Balaban J connectivity index is 1.58. The van der Waals surface area contributed by atoms with Gasteiger partial charge in [-0.15, -0.1) is 0 Å². The van der Waals surface area contributed by atoms with Gasteiger partial charge in [0.1, 0.15) is 5.75 Å². The summed E-state index contributed by atoms with van der Waals surface area (Å²) >= 11 is 0. The zero-order valence-electron chi connectivity index (χ0n) is 11.8. The topological polar surface area (TPSA) is 50.1 Å². The van der Waals surface area contributed by atoms with Gasteiger partial charge in [0.05, 0.1) is 6.20 Å². The van der Waals surface area contributed by atoms with E-state index in [1.165, 1.54) is 29.7 Å². The van der Waals surface area contributed by atoms with Gasteiger partial charge in [0.25, 0.3) is 0 Å². The number of hydrogen-bond acceptors (Lipinski definition) is 3. The van der Waals surface area contributed by atoms with Gasteiger partial charge >= 0.3 is 0 Å². The predicted molar refractivity (Wildman–Crippen MR) is 78.7 cm³/mol. The van der Waals surface area contributed by atoms with Crippen LogP contribution in [0.3, 0.4) is 0 Å². The Morgan fingerprint density at radius 1 is 1.35 bits per heavy atom. The first-order chi connectivity index (χ1) is 9.74. The number of phenolic OH excluding ortho intramolecular Hbond substituents is 1. The van der Waals surface area contributed by atoms with Crippen LogP contribution >= 0.6 is 0 Å². The maximum absolute atomic E-state index is 9.27. The average molecular weight is 271 g/mol. The Kier molecular flexibility index (Phi) is 3.74. The fraction of sp³-hybridized carbons (Fsp3) is 0.438. The molecule has 1 atom stereocenters. The molecule has 1 aromatic carbocycles. The van der Waals surface area contributed by atoms with E-state index in [2.05, 4.69) is 10.4 Å². The number of rotatable bonds is 4. The van der Waals surface area contributed by atoms with Crippen LogP contribution in [0.15, 0.2) is 30.5 Å². The Bertz CT molecular complexity index is 574. The zero-order valence-corrected chi connectivity index (χ0v) is 11.8. The lowest BCUT2D eigenvalue weighted by Crippen LogP contribution is -2.27. The van der Waals surface area contributed by atoms with Gasteiger partial charge in [-0.1, -0.05) is 12.1 Å². The number of benzene rings is 1. The van der Waals surface area contributed by atoms with Gasteiger partial charge in [0, 0.05) is 24.3 Å². The van der Waals surface area contributed by atoms with Crippen molar-refractivity contribution in [2.75, 3.05) is 6.54 Å². The molecule has 0 aliphatic heterocycles. The largest absolute Gasteiger partial charge is 0.508 e. The van der Waals surface area contributed by atoms with Crippen LogP contribution in [0.2, 0.25) is 0 Å². The normalized spacial score (nSPS) is 17.9. The fourth-order valence-electron chi connectivity index (χ4n) is 2.97. The van der Waals surface area contributed by atoms with Crippen molar-refractivity contribution in [3.8, 4) is 5.75 Å². The van der Waals surface area contributed by atoms with Gasteiger partial charge in [-0.25, -0.2) is 0 Å². The fourth-order valence-corrected chi connectivity index (χ4v) is 2.97. The van der Waals surface area contributed by atoms with E-state index in [0.29, 0.717) is 11.8 Å². The molecule has 0 amide bonds. The molecule has 1 unspecified atom stereocenters. The van der Waals surface area contributed by atoms with E-state index in [1.807, 2.05) is 30.1 Å². The molecule has 0 radical (unpaired) electrons. The van der Waals surface area contributed by atoms with Gasteiger partial charge in [0.15, 0.2) is 0 Å². The number of hydrogen-bond donors (Lipinski definition) is 2. The molecule has 106 valence electrons. The van der Waals surface area contributed by atoms with Gasteiger partial charge in [-0.3, -0.25) is 4.68 Å². The maximum atomic E-state index is 9.27. The highest BCUT2D eigenvalue weighted by Gasteiger charge is 2.22. The molecule has 20 heavy (non-hydrogen) atoms. The van der Waals surface area contributed by atoms with Crippen molar-refractivity contribution in [1.82, 2.24) is 15.1 Å². The van der Waals surface area contributed by atoms with Crippen LogP contribution in [0.5, 0.6) is 5.75 Å². The van der Waals surface area contributed by atoms with Crippen LogP contribution in [0, 0.1) is 0 Å². The molecule has 3 rings (SSSR count). The summed E-state index contributed by atoms with van der Waals surface area (Å²) in [7, 11) is 2.03. The number of aromatic nitrogens is 2. The van der Waals surface area contributed by atoms with Crippen LogP contribution in [0.1, 0.15) is 35.7 Å². The van der Waals surface area contributed by atoms with Crippen LogP contribution < -0.4 is 5.32 Å². The van der Waals surface area contributed by atoms with E-state index >= 15 is 0 Å². The van der Waals surface area contributed by atoms with E-state index in [4.69, 9.17) is 0 Å². The van der Waals surface area contributed by atoms with Gasteiger partial charge in [-0.2, -0.15) is 5.10 Å². The van der Waals surface area contributed by atoms with E-state index in [1.54, 1.807) is 12.1 Å². The molecule has 0 saturated heterocycles. The standard InChI is InChI=1S/C16H21N3O/c1-19-16-4-2-3-15(14(16)11-18-19)17-10-9-12-5-7-13(20)8-6-12/h5-8,11,15,17,20H,2-4,9-10H2,1H3. The van der Waals surface area contributed by atoms with Crippen molar-refractivity contribution >= 4 is 0 Å². The molecule has 2 aromatic rings. The highest BCUT2D eigenvalue weighted by atomic mass is 16.3. The van der Waals surface area contributed by atoms with Crippen molar-refractivity contribution in [2.24, 2.45) is 7.05 Å². The second-order valence-corrected chi connectivity index (χ2v) is 5.49. The van der Waals surface area contributed by atoms with Crippen molar-refractivity contribution in [3.05, 3.63) is 47.3 Å². The summed E-state index contributed by atoms with van der Waals surface area (Å²) in [4.78, 5) is 0. The van der Waals surface area contributed by atoms with Crippen LogP contribution in [0.25, 0.3) is 0 Å². The summed E-state index contributed by atoms with van der Waals surface area (Å²) in [6, 6.07) is 7.88. The smallest absolute Gasteiger partial charge is 0.115 e. The number of aromatic hydroxyl groups is 1. The quantitative estimate of drug-likeness (QED) is 0.897. The third-order valence-corrected chi connectivity index (χ3v) is 4.12. The van der Waals surface area contributed by atoms with Gasteiger partial charge in [0.2, 0.25) is 0 Å². The molecule has 0 spiro atoms. The second-order valence-electron chi connectivity index (χ2n) is 5.49. The van der Waals surface area contributed by atoms with Crippen LogP contribution in [-0.4, -0.2) is 21.4 Å². The first-order valence-corrected chi connectivity index (χ1v) is 7.26. The van der Waals surface area contributed by atoms with Crippen LogP contribution in [-0.2, 0) is 19.9 Å². The molecular weight excluding hydrogens is 250 g/mol. The number of nitrogens with one attached hydrogen (secondary N) is 1. The summed E-state index contributed by atoms with van der Waals surface area (Å²) in [6.45, 7) is 0.948. The Hall–Kier alpha value is -1.81. The van der Waals surface area contributed by atoms with E-state index in [0.717, 1.165) is 19.4 Å². The molecule has 1 heterocycles. The molecule has 0 fully saturated rings. The minimum Gasteiger partial charge on any atom is -0.508 e.